The molecule has 0 saturated heterocycles. The fourth-order valence-electron chi connectivity index (χ4n) is 9.81. The van der Waals surface area contributed by atoms with E-state index in [0.717, 1.165) is 55.3 Å². The minimum absolute atomic E-state index is 0.569. The standard InChI is InChI=1S/C57H36N6/c1-4-18-37(19-5-1)40-24-16-25-41(36-40)61-45-29-13-11-27-43(45)53-50(61)34-35-51-54(53)44-28-12-14-30-46(44)62(51)48-32-17-33-49-52(48)42-26-10-15-31-47(42)63(49)57-59-55(38-20-6-2-7-21-38)58-56(60-57)39-22-8-3-9-23-39/h1-36H. The fourth-order valence-corrected chi connectivity index (χ4v) is 9.81. The molecule has 0 N–H and O–H groups in total. The monoisotopic (exact) mass is 804 g/mol. The number of fused-ring (bicyclic) bond motifs is 10. The van der Waals surface area contributed by atoms with Crippen LogP contribution in [-0.2, 0) is 0 Å². The molecule has 4 heterocycles. The summed E-state index contributed by atoms with van der Waals surface area (Å²) in [4.78, 5) is 15.4. The molecular weight excluding hydrogens is 769 g/mol. The number of aromatic nitrogens is 6. The molecule has 0 spiro atoms. The summed E-state index contributed by atoms with van der Waals surface area (Å²) >= 11 is 0. The summed E-state index contributed by atoms with van der Waals surface area (Å²) < 4.78 is 7.10. The van der Waals surface area contributed by atoms with E-state index in [1.54, 1.807) is 0 Å². The zero-order valence-electron chi connectivity index (χ0n) is 34.0. The minimum atomic E-state index is 0.569. The number of nitrogens with zero attached hydrogens (tertiary/aromatic N) is 6. The predicted octanol–water partition coefficient (Wildman–Crippen LogP) is 14.2. The van der Waals surface area contributed by atoms with Crippen molar-refractivity contribution in [3.8, 4) is 51.2 Å². The molecule has 0 amide bonds. The highest BCUT2D eigenvalue weighted by molar-refractivity contribution is 6.29. The Bertz CT molecular complexity index is 3840. The summed E-state index contributed by atoms with van der Waals surface area (Å²) in [5.41, 5.74) is 13.1. The van der Waals surface area contributed by atoms with Gasteiger partial charge < -0.3 is 9.13 Å². The highest BCUT2D eigenvalue weighted by Gasteiger charge is 2.24. The topological polar surface area (TPSA) is 53.5 Å². The van der Waals surface area contributed by atoms with Crippen LogP contribution in [-0.4, -0.2) is 28.7 Å². The quantitative estimate of drug-likeness (QED) is 0.168. The second kappa shape index (κ2) is 14.0. The average molecular weight is 805 g/mol. The van der Waals surface area contributed by atoms with Gasteiger partial charge in [0.1, 0.15) is 0 Å². The maximum Gasteiger partial charge on any atom is 0.238 e. The molecule has 0 unspecified atom stereocenters. The molecule has 4 aromatic heterocycles. The van der Waals surface area contributed by atoms with Crippen LogP contribution in [0.25, 0.3) is 117 Å². The van der Waals surface area contributed by atoms with E-state index < -0.39 is 0 Å². The van der Waals surface area contributed by atoms with Gasteiger partial charge in [0.05, 0.1) is 38.8 Å². The van der Waals surface area contributed by atoms with Crippen molar-refractivity contribution in [2.45, 2.75) is 0 Å². The summed E-state index contributed by atoms with van der Waals surface area (Å²) in [5.74, 6) is 1.82. The van der Waals surface area contributed by atoms with Crippen molar-refractivity contribution >= 4 is 65.4 Å². The average Bonchev–Trinajstić information content (AvgIpc) is 4.00. The molecule has 0 aliphatic carbocycles. The van der Waals surface area contributed by atoms with Crippen LogP contribution < -0.4 is 0 Å². The first kappa shape index (κ1) is 35.2. The van der Waals surface area contributed by atoms with Gasteiger partial charge in [0.2, 0.25) is 5.95 Å². The minimum Gasteiger partial charge on any atom is -0.309 e. The molecule has 294 valence electrons. The molecule has 0 fully saturated rings. The number of benzene rings is 9. The first-order valence-corrected chi connectivity index (χ1v) is 21.3. The van der Waals surface area contributed by atoms with Gasteiger partial charge in [-0.2, -0.15) is 9.97 Å². The fraction of sp³-hybridized carbons (Fsp3) is 0. The van der Waals surface area contributed by atoms with E-state index in [0.29, 0.717) is 17.6 Å². The Morgan fingerprint density at radius 3 is 1.30 bits per heavy atom. The van der Waals surface area contributed by atoms with Gasteiger partial charge in [-0.15, -0.1) is 0 Å². The van der Waals surface area contributed by atoms with Crippen LogP contribution in [0.3, 0.4) is 0 Å². The van der Waals surface area contributed by atoms with Crippen LogP contribution in [0, 0.1) is 0 Å². The zero-order chi connectivity index (χ0) is 41.4. The van der Waals surface area contributed by atoms with E-state index in [4.69, 9.17) is 15.0 Å². The highest BCUT2D eigenvalue weighted by Crippen LogP contribution is 2.45. The third kappa shape index (κ3) is 5.41. The molecule has 0 saturated carbocycles. The summed E-state index contributed by atoms with van der Waals surface area (Å²) in [6, 6.07) is 77.4. The molecule has 0 atom stereocenters. The number of hydrogen-bond acceptors (Lipinski definition) is 3. The summed E-state index contributed by atoms with van der Waals surface area (Å²) in [6.07, 6.45) is 0. The Morgan fingerprint density at radius 2 is 0.698 bits per heavy atom. The van der Waals surface area contributed by atoms with E-state index in [-0.39, 0.29) is 0 Å². The van der Waals surface area contributed by atoms with E-state index in [1.165, 1.54) is 43.7 Å². The van der Waals surface area contributed by atoms with Crippen molar-refractivity contribution < 1.29 is 0 Å². The maximum absolute atomic E-state index is 5.21. The van der Waals surface area contributed by atoms with Gasteiger partial charge in [-0.3, -0.25) is 4.57 Å². The van der Waals surface area contributed by atoms with Crippen LogP contribution in [0.2, 0.25) is 0 Å². The molecule has 63 heavy (non-hydrogen) atoms. The van der Waals surface area contributed by atoms with Crippen LogP contribution >= 0.6 is 0 Å². The highest BCUT2D eigenvalue weighted by atomic mass is 15.2. The van der Waals surface area contributed by atoms with Crippen molar-refractivity contribution in [3.05, 3.63) is 218 Å². The second-order valence-corrected chi connectivity index (χ2v) is 16.0. The van der Waals surface area contributed by atoms with Crippen LogP contribution in [0.15, 0.2) is 218 Å². The first-order chi connectivity index (χ1) is 31.3. The zero-order valence-corrected chi connectivity index (χ0v) is 34.0. The molecule has 0 aliphatic heterocycles. The van der Waals surface area contributed by atoms with Crippen molar-refractivity contribution in [3.63, 3.8) is 0 Å². The van der Waals surface area contributed by atoms with Gasteiger partial charge in [0.15, 0.2) is 11.6 Å². The molecule has 6 heteroatoms. The van der Waals surface area contributed by atoms with Gasteiger partial charge in [0, 0.05) is 49.1 Å². The van der Waals surface area contributed by atoms with Gasteiger partial charge >= 0.3 is 0 Å². The Balaban J connectivity index is 1.09. The predicted molar refractivity (Wildman–Crippen MR) is 259 cm³/mol. The molecular formula is C57H36N6. The smallest absolute Gasteiger partial charge is 0.238 e. The normalized spacial score (nSPS) is 11.8. The van der Waals surface area contributed by atoms with Crippen LogP contribution in [0.4, 0.5) is 0 Å². The molecule has 13 aromatic rings. The summed E-state index contributed by atoms with van der Waals surface area (Å²) in [7, 11) is 0. The third-order valence-corrected chi connectivity index (χ3v) is 12.5. The van der Waals surface area contributed by atoms with Crippen molar-refractivity contribution in [1.82, 2.24) is 28.7 Å². The van der Waals surface area contributed by atoms with Crippen molar-refractivity contribution in [1.29, 1.82) is 0 Å². The molecule has 0 bridgehead atoms. The molecule has 6 nitrogen and oxygen atoms in total. The lowest BCUT2D eigenvalue weighted by Gasteiger charge is -2.12. The second-order valence-electron chi connectivity index (χ2n) is 16.0. The van der Waals surface area contributed by atoms with E-state index in [2.05, 4.69) is 196 Å². The first-order valence-electron chi connectivity index (χ1n) is 21.3. The van der Waals surface area contributed by atoms with E-state index in [1.807, 2.05) is 36.4 Å². The lowest BCUT2D eigenvalue weighted by molar-refractivity contribution is 0.953. The lowest BCUT2D eigenvalue weighted by Crippen LogP contribution is -2.06. The Hall–Kier alpha value is -8.61. The SMILES string of the molecule is c1ccc(-c2cccc(-n3c4ccccc4c4c5c6ccccc6n(-c6cccc7c6c6ccccc6n7-c6nc(-c7ccccc7)nc(-c7ccccc7)n6)c5ccc43)c2)cc1. The molecule has 0 aliphatic rings. The number of rotatable bonds is 6. The molecule has 0 radical (unpaired) electrons. The van der Waals surface area contributed by atoms with E-state index in [9.17, 15) is 0 Å². The van der Waals surface area contributed by atoms with Gasteiger partial charge in [-0.1, -0.05) is 164 Å². The Labute approximate surface area is 362 Å². The largest absolute Gasteiger partial charge is 0.309 e. The Morgan fingerprint density at radius 1 is 0.270 bits per heavy atom. The van der Waals surface area contributed by atoms with Crippen molar-refractivity contribution in [2.24, 2.45) is 0 Å². The third-order valence-electron chi connectivity index (χ3n) is 12.5. The number of hydrogen-bond donors (Lipinski definition) is 0. The number of para-hydroxylation sites is 3. The maximum atomic E-state index is 5.21. The lowest BCUT2D eigenvalue weighted by atomic mass is 10.0. The van der Waals surface area contributed by atoms with Gasteiger partial charge in [-0.25, -0.2) is 4.98 Å². The van der Waals surface area contributed by atoms with Gasteiger partial charge in [-0.05, 0) is 65.7 Å². The summed E-state index contributed by atoms with van der Waals surface area (Å²) in [6.45, 7) is 0. The van der Waals surface area contributed by atoms with Gasteiger partial charge in [0.25, 0.3) is 0 Å². The molecule has 9 aromatic carbocycles. The van der Waals surface area contributed by atoms with E-state index >= 15 is 0 Å². The van der Waals surface area contributed by atoms with Crippen molar-refractivity contribution in [2.75, 3.05) is 0 Å². The van der Waals surface area contributed by atoms with Crippen LogP contribution in [0.1, 0.15) is 0 Å². The summed E-state index contributed by atoms with van der Waals surface area (Å²) in [5, 5.41) is 7.14. The molecule has 13 rings (SSSR count). The Kier molecular flexibility index (Phi) is 7.80. The van der Waals surface area contributed by atoms with Crippen LogP contribution in [0.5, 0.6) is 0 Å².